The molecule has 5 rings (SSSR count). The largest absolute Gasteiger partial charge is 0.507 e. The third kappa shape index (κ3) is 3.23. The number of phenols is 1. The van der Waals surface area contributed by atoms with Crippen molar-refractivity contribution in [2.45, 2.75) is 50.5 Å². The van der Waals surface area contributed by atoms with Crippen molar-refractivity contribution < 1.29 is 9.50 Å². The number of aryl methyl sites for hydroxylation is 1. The van der Waals surface area contributed by atoms with Gasteiger partial charge < -0.3 is 15.3 Å². The maximum absolute atomic E-state index is 14.9. The van der Waals surface area contributed by atoms with Gasteiger partial charge in [-0.15, -0.1) is 10.2 Å². The first-order valence-corrected chi connectivity index (χ1v) is 10.5. The van der Waals surface area contributed by atoms with Gasteiger partial charge in [-0.25, -0.2) is 9.37 Å². The van der Waals surface area contributed by atoms with Crippen molar-refractivity contribution >= 4 is 16.7 Å². The minimum atomic E-state index is -0.952. The first-order valence-electron chi connectivity index (χ1n) is 10.5. The Morgan fingerprint density at radius 1 is 1.26 bits per heavy atom. The zero-order valence-electron chi connectivity index (χ0n) is 17.7. The van der Waals surface area contributed by atoms with Gasteiger partial charge in [0.15, 0.2) is 5.82 Å². The molecule has 2 unspecified atom stereocenters. The van der Waals surface area contributed by atoms with Crippen LogP contribution in [0.1, 0.15) is 25.1 Å². The fraction of sp³-hybridized carbons (Fsp3) is 0.455. The van der Waals surface area contributed by atoms with E-state index in [1.54, 1.807) is 32.2 Å². The van der Waals surface area contributed by atoms with Crippen molar-refractivity contribution in [2.24, 2.45) is 7.05 Å². The second-order valence-corrected chi connectivity index (χ2v) is 8.59. The normalized spacial score (nSPS) is 25.2. The second-order valence-electron chi connectivity index (χ2n) is 8.59. The number of fused-ring (bicyclic) bond motifs is 3. The number of alkyl halides is 1. The van der Waals surface area contributed by atoms with E-state index in [1.165, 1.54) is 10.6 Å². The van der Waals surface area contributed by atoms with Gasteiger partial charge in [-0.05, 0) is 50.5 Å². The van der Waals surface area contributed by atoms with E-state index in [4.69, 9.17) is 0 Å². The SMILES string of the molecule is Cc1nc2cc(-c3ccc(N(C)[C@@H]4CC5CCC(N5)[C@@H]4F)nn3)c(O)cc2c(=O)n1C. The Bertz CT molecular complexity index is 1210. The first-order chi connectivity index (χ1) is 14.8. The molecule has 8 nitrogen and oxygen atoms in total. The van der Waals surface area contributed by atoms with Crippen LogP contribution in [0.4, 0.5) is 10.2 Å². The monoisotopic (exact) mass is 424 g/mol. The quantitative estimate of drug-likeness (QED) is 0.664. The molecule has 1 aromatic carbocycles. The van der Waals surface area contributed by atoms with Crippen LogP contribution in [-0.2, 0) is 7.05 Å². The van der Waals surface area contributed by atoms with Crippen LogP contribution in [0.25, 0.3) is 22.2 Å². The Morgan fingerprint density at radius 3 is 2.81 bits per heavy atom. The maximum Gasteiger partial charge on any atom is 0.261 e. The average molecular weight is 424 g/mol. The number of hydrogen-bond donors (Lipinski definition) is 2. The molecule has 4 heterocycles. The molecular weight excluding hydrogens is 399 g/mol. The number of nitrogens with zero attached hydrogens (tertiary/aromatic N) is 5. The lowest BCUT2D eigenvalue weighted by atomic mass is 9.96. The van der Waals surface area contributed by atoms with E-state index in [0.717, 1.165) is 19.3 Å². The lowest BCUT2D eigenvalue weighted by Gasteiger charge is -2.38. The summed E-state index contributed by atoms with van der Waals surface area (Å²) in [5.41, 5.74) is 1.17. The summed E-state index contributed by atoms with van der Waals surface area (Å²) < 4.78 is 16.3. The summed E-state index contributed by atoms with van der Waals surface area (Å²) in [6.07, 6.45) is 1.67. The Balaban J connectivity index is 1.46. The van der Waals surface area contributed by atoms with Gasteiger partial charge in [0.05, 0.1) is 22.6 Å². The van der Waals surface area contributed by atoms with Gasteiger partial charge >= 0.3 is 0 Å². The summed E-state index contributed by atoms with van der Waals surface area (Å²) in [5, 5.41) is 22.8. The predicted molar refractivity (Wildman–Crippen MR) is 116 cm³/mol. The Labute approximate surface area is 178 Å². The van der Waals surface area contributed by atoms with Crippen LogP contribution in [0.5, 0.6) is 5.75 Å². The zero-order chi connectivity index (χ0) is 21.9. The second kappa shape index (κ2) is 7.26. The Morgan fingerprint density at radius 2 is 2.06 bits per heavy atom. The van der Waals surface area contributed by atoms with Crippen LogP contribution in [0, 0.1) is 6.92 Å². The van der Waals surface area contributed by atoms with Crippen molar-refractivity contribution in [1.29, 1.82) is 0 Å². The van der Waals surface area contributed by atoms with Gasteiger partial charge in [-0.2, -0.15) is 0 Å². The summed E-state index contributed by atoms with van der Waals surface area (Å²) in [5.74, 6) is 1.10. The number of benzene rings is 1. The summed E-state index contributed by atoms with van der Waals surface area (Å²) in [7, 11) is 3.49. The summed E-state index contributed by atoms with van der Waals surface area (Å²) in [6.45, 7) is 1.75. The van der Waals surface area contributed by atoms with Crippen molar-refractivity contribution in [3.8, 4) is 17.0 Å². The molecule has 2 aromatic heterocycles. The van der Waals surface area contributed by atoms with E-state index in [2.05, 4.69) is 20.5 Å². The minimum absolute atomic E-state index is 0.0654. The number of aromatic hydroxyl groups is 1. The molecule has 2 saturated heterocycles. The third-order valence-corrected chi connectivity index (χ3v) is 6.76. The summed E-state index contributed by atoms with van der Waals surface area (Å²) >= 11 is 0. The van der Waals surface area contributed by atoms with Crippen LogP contribution >= 0.6 is 0 Å². The highest BCUT2D eigenvalue weighted by atomic mass is 19.1. The van der Waals surface area contributed by atoms with E-state index in [0.29, 0.717) is 39.8 Å². The maximum atomic E-state index is 14.9. The molecule has 4 atom stereocenters. The first kappa shape index (κ1) is 19.9. The highest BCUT2D eigenvalue weighted by Gasteiger charge is 2.43. The molecule has 0 radical (unpaired) electrons. The molecule has 2 aliphatic rings. The minimum Gasteiger partial charge on any atom is -0.507 e. The van der Waals surface area contributed by atoms with Crippen molar-refractivity contribution in [3.63, 3.8) is 0 Å². The fourth-order valence-corrected chi connectivity index (χ4v) is 4.80. The zero-order valence-corrected chi connectivity index (χ0v) is 17.7. The van der Waals surface area contributed by atoms with Crippen LogP contribution in [0.15, 0.2) is 29.1 Å². The van der Waals surface area contributed by atoms with Gasteiger partial charge in [0.2, 0.25) is 0 Å². The molecule has 2 N–H and O–H groups in total. The molecule has 3 aromatic rings. The Hall–Kier alpha value is -3.07. The lowest BCUT2D eigenvalue weighted by Crippen LogP contribution is -2.55. The van der Waals surface area contributed by atoms with Gasteiger partial charge in [-0.1, -0.05) is 0 Å². The highest BCUT2D eigenvalue weighted by Crippen LogP contribution is 2.34. The van der Waals surface area contributed by atoms with E-state index >= 15 is 0 Å². The molecule has 31 heavy (non-hydrogen) atoms. The highest BCUT2D eigenvalue weighted by molar-refractivity contribution is 5.86. The number of anilines is 1. The molecule has 9 heteroatoms. The fourth-order valence-electron chi connectivity index (χ4n) is 4.80. The smallest absolute Gasteiger partial charge is 0.261 e. The number of phenolic OH excluding ortho intramolecular Hbond substituents is 1. The van der Waals surface area contributed by atoms with Crippen LogP contribution in [0.2, 0.25) is 0 Å². The molecule has 2 fully saturated rings. The molecule has 0 saturated carbocycles. The molecule has 2 aliphatic heterocycles. The summed E-state index contributed by atoms with van der Waals surface area (Å²) in [6, 6.07) is 6.62. The molecular formula is C22H25FN6O2. The van der Waals surface area contributed by atoms with Gasteiger partial charge in [0, 0.05) is 31.7 Å². The average Bonchev–Trinajstić information content (AvgIpc) is 3.18. The number of rotatable bonds is 3. The standard InChI is InChI=1S/C22H25FN6O2/c1-11-24-17-9-13(19(30)10-14(17)22(31)28(11)2)15-6-7-20(27-26-15)29(3)18-8-12-4-5-16(25-12)21(18)23/h6-7,9-10,12,16,18,21,25,30H,4-5,8H2,1-3H3/t12?,16?,18-,21+/m1/s1. The van der Waals surface area contributed by atoms with Crippen molar-refractivity contribution in [1.82, 2.24) is 25.1 Å². The van der Waals surface area contributed by atoms with E-state index in [1.807, 2.05) is 11.9 Å². The van der Waals surface area contributed by atoms with Gasteiger partial charge in [0.1, 0.15) is 17.7 Å². The molecule has 2 bridgehead atoms. The number of piperidine rings is 1. The lowest BCUT2D eigenvalue weighted by molar-refractivity contribution is 0.176. The number of aromatic nitrogens is 4. The molecule has 0 aliphatic carbocycles. The van der Waals surface area contributed by atoms with E-state index in [9.17, 15) is 14.3 Å². The summed E-state index contributed by atoms with van der Waals surface area (Å²) in [4.78, 5) is 18.7. The number of halogens is 1. The van der Waals surface area contributed by atoms with Crippen molar-refractivity contribution in [2.75, 3.05) is 11.9 Å². The van der Waals surface area contributed by atoms with Gasteiger partial charge in [0.25, 0.3) is 5.56 Å². The number of nitrogens with one attached hydrogen (secondary N) is 1. The van der Waals surface area contributed by atoms with Gasteiger partial charge in [-0.3, -0.25) is 9.36 Å². The number of hydrogen-bond acceptors (Lipinski definition) is 7. The van der Waals surface area contributed by atoms with Crippen LogP contribution in [0.3, 0.4) is 0 Å². The van der Waals surface area contributed by atoms with Crippen molar-refractivity contribution in [3.05, 3.63) is 40.4 Å². The van der Waals surface area contributed by atoms with Crippen LogP contribution < -0.4 is 15.8 Å². The van der Waals surface area contributed by atoms with Crippen LogP contribution in [-0.4, -0.2) is 56.2 Å². The third-order valence-electron chi connectivity index (χ3n) is 6.76. The Kier molecular flexibility index (Phi) is 4.65. The van der Waals surface area contributed by atoms with E-state index in [-0.39, 0.29) is 23.4 Å². The molecule has 162 valence electrons. The molecule has 0 amide bonds. The predicted octanol–water partition coefficient (Wildman–Crippen LogP) is 2.07. The molecule has 0 spiro atoms. The van der Waals surface area contributed by atoms with E-state index < -0.39 is 6.17 Å². The topological polar surface area (TPSA) is 96.2 Å².